The second-order valence-electron chi connectivity index (χ2n) is 5.40. The first kappa shape index (κ1) is 17.6. The van der Waals surface area contributed by atoms with Crippen molar-refractivity contribution in [2.24, 2.45) is 0 Å². The molecule has 2 heterocycles. The van der Waals surface area contributed by atoms with E-state index in [1.807, 2.05) is 60.7 Å². The lowest BCUT2D eigenvalue weighted by Gasteiger charge is -1.97. The Labute approximate surface area is 169 Å². The Balaban J connectivity index is 1.46. The van der Waals surface area contributed by atoms with Gasteiger partial charge in [0.2, 0.25) is 5.78 Å². The standard InChI is InChI=1S/C21H14OS4/c22-21(17-11-13-19(25-17)23-15-7-3-1-4-8-15)18-12-14-20(26-18)24-16-9-5-2-6-10-16/h1-14H. The van der Waals surface area contributed by atoms with Crippen LogP contribution in [0.4, 0.5) is 0 Å². The summed E-state index contributed by atoms with van der Waals surface area (Å²) in [5.41, 5.74) is 0. The van der Waals surface area contributed by atoms with E-state index in [1.54, 1.807) is 46.2 Å². The third-order valence-electron chi connectivity index (χ3n) is 3.53. The minimum Gasteiger partial charge on any atom is -0.287 e. The van der Waals surface area contributed by atoms with Crippen LogP contribution in [0.2, 0.25) is 0 Å². The predicted molar refractivity (Wildman–Crippen MR) is 113 cm³/mol. The van der Waals surface area contributed by atoms with E-state index in [4.69, 9.17) is 0 Å². The molecule has 0 bridgehead atoms. The maximum atomic E-state index is 12.8. The molecule has 2 aromatic heterocycles. The molecule has 5 heteroatoms. The van der Waals surface area contributed by atoms with E-state index in [0.29, 0.717) is 0 Å². The SMILES string of the molecule is O=C(c1ccc(Sc2ccccc2)s1)c1ccc(Sc2ccccc2)s1. The third-order valence-corrected chi connectivity index (χ3v) is 7.98. The summed E-state index contributed by atoms with van der Waals surface area (Å²) < 4.78 is 2.27. The average molecular weight is 411 g/mol. The molecular formula is C21H14OS4. The van der Waals surface area contributed by atoms with Crippen LogP contribution < -0.4 is 0 Å². The number of rotatable bonds is 6. The molecule has 4 rings (SSSR count). The van der Waals surface area contributed by atoms with Gasteiger partial charge >= 0.3 is 0 Å². The number of thiophene rings is 2. The Bertz CT molecular complexity index is 921. The number of carbonyl (C=O) groups excluding carboxylic acids is 1. The Hall–Kier alpha value is -1.79. The molecule has 0 saturated carbocycles. The minimum absolute atomic E-state index is 0.111. The number of carbonyl (C=O) groups is 1. The summed E-state index contributed by atoms with van der Waals surface area (Å²) in [5.74, 6) is 0.111. The summed E-state index contributed by atoms with van der Waals surface area (Å²) in [7, 11) is 0. The van der Waals surface area contributed by atoms with Gasteiger partial charge in [-0.2, -0.15) is 0 Å². The van der Waals surface area contributed by atoms with Crippen molar-refractivity contribution in [3.05, 3.63) is 94.7 Å². The van der Waals surface area contributed by atoms with Gasteiger partial charge in [-0.3, -0.25) is 4.79 Å². The lowest BCUT2D eigenvalue weighted by molar-refractivity contribution is 0.104. The van der Waals surface area contributed by atoms with Crippen molar-refractivity contribution in [3.63, 3.8) is 0 Å². The maximum Gasteiger partial charge on any atom is 0.212 e. The predicted octanol–water partition coefficient (Wildman–Crippen LogP) is 7.34. The van der Waals surface area contributed by atoms with Gasteiger partial charge in [0.1, 0.15) is 0 Å². The fraction of sp³-hybridized carbons (Fsp3) is 0. The van der Waals surface area contributed by atoms with E-state index >= 15 is 0 Å². The zero-order chi connectivity index (χ0) is 17.8. The molecule has 0 amide bonds. The highest BCUT2D eigenvalue weighted by Crippen LogP contribution is 2.37. The van der Waals surface area contributed by atoms with Gasteiger partial charge in [-0.15, -0.1) is 22.7 Å². The van der Waals surface area contributed by atoms with Crippen LogP contribution in [-0.2, 0) is 0 Å². The normalized spacial score (nSPS) is 10.8. The topological polar surface area (TPSA) is 17.1 Å². The molecule has 2 aromatic carbocycles. The fourth-order valence-corrected chi connectivity index (χ4v) is 6.55. The number of ketones is 1. The highest BCUT2D eigenvalue weighted by Gasteiger charge is 2.15. The van der Waals surface area contributed by atoms with E-state index in [2.05, 4.69) is 24.3 Å². The van der Waals surface area contributed by atoms with Crippen molar-refractivity contribution in [2.75, 3.05) is 0 Å². The molecule has 0 aliphatic heterocycles. The van der Waals surface area contributed by atoms with Crippen LogP contribution in [0.25, 0.3) is 0 Å². The van der Waals surface area contributed by atoms with Gasteiger partial charge in [0, 0.05) is 9.79 Å². The molecule has 0 fully saturated rings. The molecular weight excluding hydrogens is 396 g/mol. The van der Waals surface area contributed by atoms with Crippen LogP contribution in [0.1, 0.15) is 14.5 Å². The second-order valence-corrected chi connectivity index (χ2v) is 10.3. The number of hydrogen-bond acceptors (Lipinski definition) is 5. The molecule has 0 aliphatic carbocycles. The largest absolute Gasteiger partial charge is 0.287 e. The number of hydrogen-bond donors (Lipinski definition) is 0. The molecule has 4 aromatic rings. The second kappa shape index (κ2) is 8.27. The molecule has 1 nitrogen and oxygen atoms in total. The highest BCUT2D eigenvalue weighted by atomic mass is 32.2. The summed E-state index contributed by atoms with van der Waals surface area (Å²) in [6.07, 6.45) is 0. The van der Waals surface area contributed by atoms with Crippen molar-refractivity contribution in [2.45, 2.75) is 18.2 Å². The molecule has 0 spiro atoms. The molecule has 0 unspecified atom stereocenters. The van der Waals surface area contributed by atoms with E-state index in [-0.39, 0.29) is 5.78 Å². The molecule has 26 heavy (non-hydrogen) atoms. The van der Waals surface area contributed by atoms with E-state index < -0.39 is 0 Å². The van der Waals surface area contributed by atoms with Crippen molar-refractivity contribution >= 4 is 52.0 Å². The van der Waals surface area contributed by atoms with Gasteiger partial charge in [-0.1, -0.05) is 59.9 Å². The zero-order valence-electron chi connectivity index (χ0n) is 13.6. The van der Waals surface area contributed by atoms with Crippen LogP contribution >= 0.6 is 46.2 Å². The fourth-order valence-electron chi connectivity index (χ4n) is 2.32. The lowest BCUT2D eigenvalue weighted by Crippen LogP contribution is -1.93. The third kappa shape index (κ3) is 4.30. The van der Waals surface area contributed by atoms with Gasteiger partial charge in [0.25, 0.3) is 0 Å². The summed E-state index contributed by atoms with van der Waals surface area (Å²) in [6, 6.07) is 28.4. The quantitative estimate of drug-likeness (QED) is 0.309. The smallest absolute Gasteiger partial charge is 0.212 e. The Kier molecular flexibility index (Phi) is 5.60. The maximum absolute atomic E-state index is 12.8. The lowest BCUT2D eigenvalue weighted by atomic mass is 10.3. The first-order chi connectivity index (χ1) is 12.8. The van der Waals surface area contributed by atoms with Crippen molar-refractivity contribution in [1.29, 1.82) is 0 Å². The molecule has 0 N–H and O–H groups in total. The first-order valence-electron chi connectivity index (χ1n) is 7.98. The molecule has 0 atom stereocenters. The van der Waals surface area contributed by atoms with Crippen molar-refractivity contribution in [1.82, 2.24) is 0 Å². The van der Waals surface area contributed by atoms with Crippen LogP contribution in [-0.4, -0.2) is 5.78 Å². The van der Waals surface area contributed by atoms with Crippen LogP contribution in [0.15, 0.2) is 103 Å². The van der Waals surface area contributed by atoms with Gasteiger partial charge in [-0.25, -0.2) is 0 Å². The Morgan fingerprint density at radius 2 is 1.00 bits per heavy atom. The van der Waals surface area contributed by atoms with Crippen LogP contribution in [0.3, 0.4) is 0 Å². The average Bonchev–Trinajstić information content (AvgIpc) is 3.33. The van der Waals surface area contributed by atoms with Gasteiger partial charge < -0.3 is 0 Å². The molecule has 0 radical (unpaired) electrons. The Morgan fingerprint density at radius 3 is 1.42 bits per heavy atom. The Morgan fingerprint density at radius 1 is 0.577 bits per heavy atom. The van der Waals surface area contributed by atoms with Crippen LogP contribution in [0, 0.1) is 0 Å². The summed E-state index contributed by atoms with van der Waals surface area (Å²) in [6.45, 7) is 0. The van der Waals surface area contributed by atoms with Crippen molar-refractivity contribution < 1.29 is 4.79 Å². The van der Waals surface area contributed by atoms with Crippen molar-refractivity contribution in [3.8, 4) is 0 Å². The van der Waals surface area contributed by atoms with Gasteiger partial charge in [0.05, 0.1) is 18.2 Å². The van der Waals surface area contributed by atoms with E-state index in [1.165, 1.54) is 9.79 Å². The molecule has 0 saturated heterocycles. The monoisotopic (exact) mass is 410 g/mol. The first-order valence-corrected chi connectivity index (χ1v) is 11.2. The molecule has 128 valence electrons. The summed E-state index contributed by atoms with van der Waals surface area (Å²) in [5, 5.41) is 0. The van der Waals surface area contributed by atoms with E-state index in [9.17, 15) is 4.79 Å². The van der Waals surface area contributed by atoms with Crippen LogP contribution in [0.5, 0.6) is 0 Å². The zero-order valence-corrected chi connectivity index (χ0v) is 16.9. The highest BCUT2D eigenvalue weighted by molar-refractivity contribution is 8.01. The summed E-state index contributed by atoms with van der Waals surface area (Å²) in [4.78, 5) is 16.7. The summed E-state index contributed by atoms with van der Waals surface area (Å²) >= 11 is 6.50. The van der Waals surface area contributed by atoms with Gasteiger partial charge in [-0.05, 0) is 48.5 Å². The van der Waals surface area contributed by atoms with Gasteiger partial charge in [0.15, 0.2) is 0 Å². The number of benzene rings is 2. The van der Waals surface area contributed by atoms with E-state index in [0.717, 1.165) is 18.2 Å². The minimum atomic E-state index is 0.111. The molecule has 0 aliphatic rings.